The number of fused-ring (bicyclic) bond motifs is 2. The lowest BCUT2D eigenvalue weighted by atomic mass is 9.81. The molecule has 2 heterocycles. The predicted molar refractivity (Wildman–Crippen MR) is 159 cm³/mol. The number of ether oxygens (including phenoxy) is 1. The lowest BCUT2D eigenvalue weighted by Gasteiger charge is -2.39. The molecule has 39 heavy (non-hydrogen) atoms. The van der Waals surface area contributed by atoms with Crippen molar-refractivity contribution in [2.75, 3.05) is 13.2 Å². The number of nitrogens with one attached hydrogen (secondary N) is 1. The number of aryl methyl sites for hydroxylation is 2. The summed E-state index contributed by atoms with van der Waals surface area (Å²) < 4.78 is 8.04. The molecule has 4 aromatic carbocycles. The Morgan fingerprint density at radius 1 is 0.923 bits per heavy atom. The zero-order chi connectivity index (χ0) is 26.8. The molecule has 1 aliphatic heterocycles. The van der Waals surface area contributed by atoms with Gasteiger partial charge < -0.3 is 14.6 Å². The van der Waals surface area contributed by atoms with Gasteiger partial charge in [-0.3, -0.25) is 4.79 Å². The molecule has 1 fully saturated rings. The van der Waals surface area contributed by atoms with Crippen LogP contribution in [0.2, 0.25) is 0 Å². The molecule has 0 radical (unpaired) electrons. The number of carbonyl (C=O) groups is 1. The van der Waals surface area contributed by atoms with Gasteiger partial charge in [-0.1, -0.05) is 80.1 Å². The van der Waals surface area contributed by atoms with E-state index in [1.54, 1.807) is 0 Å². The summed E-state index contributed by atoms with van der Waals surface area (Å²) in [5.74, 6) is 0.00361. The fourth-order valence-corrected chi connectivity index (χ4v) is 6.16. The first-order valence-corrected chi connectivity index (χ1v) is 14.1. The van der Waals surface area contributed by atoms with E-state index < -0.39 is 5.54 Å². The molecule has 5 aromatic rings. The molecule has 6 rings (SSSR count). The quantitative estimate of drug-likeness (QED) is 0.243. The van der Waals surface area contributed by atoms with Crippen LogP contribution in [0.4, 0.5) is 0 Å². The fourth-order valence-electron chi connectivity index (χ4n) is 6.16. The summed E-state index contributed by atoms with van der Waals surface area (Å²) in [5.41, 5.74) is 6.21. The highest BCUT2D eigenvalue weighted by Crippen LogP contribution is 2.35. The normalized spacial score (nSPS) is 15.0. The molecule has 0 spiro atoms. The van der Waals surface area contributed by atoms with E-state index in [-0.39, 0.29) is 5.91 Å². The van der Waals surface area contributed by atoms with Gasteiger partial charge in [0.15, 0.2) is 0 Å². The Balaban J connectivity index is 1.35. The van der Waals surface area contributed by atoms with Crippen molar-refractivity contribution in [1.29, 1.82) is 0 Å². The van der Waals surface area contributed by atoms with E-state index in [0.29, 0.717) is 13.2 Å². The average Bonchev–Trinajstić information content (AvgIpc) is 3.29. The van der Waals surface area contributed by atoms with Crippen LogP contribution in [0, 0.1) is 6.92 Å². The van der Waals surface area contributed by atoms with Crippen LogP contribution in [0.1, 0.15) is 58.8 Å². The van der Waals surface area contributed by atoms with Crippen molar-refractivity contribution in [3.63, 3.8) is 0 Å². The van der Waals surface area contributed by atoms with Crippen molar-refractivity contribution < 1.29 is 9.53 Å². The molecule has 1 amide bonds. The second-order valence-corrected chi connectivity index (χ2v) is 10.9. The zero-order valence-corrected chi connectivity index (χ0v) is 22.9. The Morgan fingerprint density at radius 3 is 2.51 bits per heavy atom. The van der Waals surface area contributed by atoms with E-state index >= 15 is 0 Å². The third-order valence-electron chi connectivity index (χ3n) is 8.28. The number of rotatable bonds is 7. The van der Waals surface area contributed by atoms with E-state index in [1.807, 2.05) is 0 Å². The minimum absolute atomic E-state index is 0.00361. The molecule has 1 saturated heterocycles. The smallest absolute Gasteiger partial charge is 0.252 e. The first-order chi connectivity index (χ1) is 19.1. The van der Waals surface area contributed by atoms with Crippen molar-refractivity contribution in [2.24, 2.45) is 0 Å². The molecular formula is C35H36N2O2. The first-order valence-electron chi connectivity index (χ1n) is 14.1. The molecule has 0 aliphatic carbocycles. The Labute approximate surface area is 230 Å². The minimum atomic E-state index is -0.452. The van der Waals surface area contributed by atoms with Gasteiger partial charge in [0.1, 0.15) is 0 Å². The molecule has 1 N–H and O–H groups in total. The van der Waals surface area contributed by atoms with Crippen molar-refractivity contribution >= 4 is 27.6 Å². The van der Waals surface area contributed by atoms with Gasteiger partial charge in [-0.2, -0.15) is 0 Å². The molecule has 1 aromatic heterocycles. The third-order valence-corrected chi connectivity index (χ3v) is 8.28. The van der Waals surface area contributed by atoms with Crippen LogP contribution in [0.15, 0.2) is 91.1 Å². The number of aromatic nitrogens is 1. The molecule has 1 aliphatic rings. The third kappa shape index (κ3) is 4.97. The molecule has 0 unspecified atom stereocenters. The molecule has 4 nitrogen and oxygen atoms in total. The number of amides is 1. The Hall–Kier alpha value is -3.89. The second-order valence-electron chi connectivity index (χ2n) is 10.9. The standard InChI is InChI=1S/C35H36N2O2/c1-3-8-28-14-13-26(24-37-23-25(2)31-11-6-7-12-33(31)37)21-32(28)34(38)36-35(17-19-39-20-18-35)30-16-15-27-9-4-5-10-29(27)22-30/h4-7,9-16,21-23H,3,8,17-20,24H2,1-2H3,(H,36,38). The topological polar surface area (TPSA) is 43.3 Å². The molecular weight excluding hydrogens is 480 g/mol. The highest BCUT2D eigenvalue weighted by Gasteiger charge is 2.36. The second kappa shape index (κ2) is 10.7. The monoisotopic (exact) mass is 516 g/mol. The van der Waals surface area contributed by atoms with E-state index in [4.69, 9.17) is 4.74 Å². The highest BCUT2D eigenvalue weighted by molar-refractivity contribution is 5.96. The molecule has 0 bridgehead atoms. The van der Waals surface area contributed by atoms with Crippen molar-refractivity contribution in [3.8, 4) is 0 Å². The van der Waals surface area contributed by atoms with E-state index in [9.17, 15) is 4.79 Å². The number of nitrogens with zero attached hydrogens (tertiary/aromatic N) is 1. The van der Waals surface area contributed by atoms with Gasteiger partial charge in [-0.05, 0) is 77.4 Å². The Kier molecular flexibility index (Phi) is 6.97. The number of hydrogen-bond acceptors (Lipinski definition) is 2. The molecule has 0 atom stereocenters. The van der Waals surface area contributed by atoms with Gasteiger partial charge in [0.25, 0.3) is 5.91 Å². The van der Waals surface area contributed by atoms with Gasteiger partial charge in [-0.25, -0.2) is 0 Å². The maximum Gasteiger partial charge on any atom is 0.252 e. The summed E-state index contributed by atoms with van der Waals surface area (Å²) in [7, 11) is 0. The largest absolute Gasteiger partial charge is 0.381 e. The highest BCUT2D eigenvalue weighted by atomic mass is 16.5. The van der Waals surface area contributed by atoms with Crippen LogP contribution in [0.5, 0.6) is 0 Å². The predicted octanol–water partition coefficient (Wildman–Crippen LogP) is 7.54. The van der Waals surface area contributed by atoms with Crippen LogP contribution >= 0.6 is 0 Å². The van der Waals surface area contributed by atoms with Crippen molar-refractivity contribution in [1.82, 2.24) is 9.88 Å². The van der Waals surface area contributed by atoms with E-state index in [2.05, 4.69) is 115 Å². The lowest BCUT2D eigenvalue weighted by Crippen LogP contribution is -2.49. The van der Waals surface area contributed by atoms with E-state index in [1.165, 1.54) is 27.2 Å². The average molecular weight is 517 g/mol. The van der Waals surface area contributed by atoms with Gasteiger partial charge >= 0.3 is 0 Å². The maximum atomic E-state index is 14.1. The van der Waals surface area contributed by atoms with Gasteiger partial charge in [0.2, 0.25) is 0 Å². The summed E-state index contributed by atoms with van der Waals surface area (Å²) >= 11 is 0. The van der Waals surface area contributed by atoms with Gasteiger partial charge in [0.05, 0.1) is 5.54 Å². The number of hydrogen-bond donors (Lipinski definition) is 1. The summed E-state index contributed by atoms with van der Waals surface area (Å²) in [6.07, 6.45) is 5.59. The first kappa shape index (κ1) is 25.4. The van der Waals surface area contributed by atoms with Crippen LogP contribution in [-0.2, 0) is 23.2 Å². The number of carbonyl (C=O) groups excluding carboxylic acids is 1. The van der Waals surface area contributed by atoms with Crippen LogP contribution < -0.4 is 5.32 Å². The summed E-state index contributed by atoms with van der Waals surface area (Å²) in [6.45, 7) is 6.32. The van der Waals surface area contributed by atoms with Gasteiger partial charge in [0, 0.05) is 42.4 Å². The molecule has 0 saturated carbocycles. The Bertz CT molecular complexity index is 1640. The van der Waals surface area contributed by atoms with E-state index in [0.717, 1.165) is 54.5 Å². The van der Waals surface area contributed by atoms with Crippen LogP contribution in [0.25, 0.3) is 21.7 Å². The van der Waals surface area contributed by atoms with Crippen LogP contribution in [0.3, 0.4) is 0 Å². The summed E-state index contributed by atoms with van der Waals surface area (Å²) in [5, 5.41) is 7.20. The number of benzene rings is 4. The van der Waals surface area contributed by atoms with Gasteiger partial charge in [-0.15, -0.1) is 0 Å². The molecule has 4 heteroatoms. The Morgan fingerprint density at radius 2 is 1.69 bits per heavy atom. The summed E-state index contributed by atoms with van der Waals surface area (Å²) in [4.78, 5) is 14.1. The fraction of sp³-hybridized carbons (Fsp3) is 0.286. The SMILES string of the molecule is CCCc1ccc(Cn2cc(C)c3ccccc32)cc1C(=O)NC1(c2ccc3ccccc3c2)CCOCC1. The zero-order valence-electron chi connectivity index (χ0n) is 22.9. The van der Waals surface area contributed by atoms with Crippen LogP contribution in [-0.4, -0.2) is 23.7 Å². The molecule has 198 valence electrons. The lowest BCUT2D eigenvalue weighted by molar-refractivity contribution is 0.0345. The summed E-state index contributed by atoms with van der Waals surface area (Å²) in [6, 6.07) is 29.9. The maximum absolute atomic E-state index is 14.1. The minimum Gasteiger partial charge on any atom is -0.381 e. The number of para-hydroxylation sites is 1. The van der Waals surface area contributed by atoms with Crippen molar-refractivity contribution in [3.05, 3.63) is 119 Å². The van der Waals surface area contributed by atoms with Crippen molar-refractivity contribution in [2.45, 2.75) is 51.6 Å².